The third-order valence-corrected chi connectivity index (χ3v) is 2.15. The lowest BCUT2D eigenvalue weighted by molar-refractivity contribution is 0.665. The van der Waals surface area contributed by atoms with Crippen molar-refractivity contribution in [1.82, 2.24) is 0 Å². The third kappa shape index (κ3) is 4.20. The maximum atomic E-state index is 4.52. The van der Waals surface area contributed by atoms with Gasteiger partial charge in [0.1, 0.15) is 0 Å². The molecule has 0 atom stereocenters. The van der Waals surface area contributed by atoms with Crippen LogP contribution in [0.15, 0.2) is 9.98 Å². The van der Waals surface area contributed by atoms with E-state index in [4.69, 9.17) is 0 Å². The Morgan fingerprint density at radius 2 is 2.31 bits per heavy atom. The summed E-state index contributed by atoms with van der Waals surface area (Å²) in [6.07, 6.45) is 3.44. The van der Waals surface area contributed by atoms with Crippen molar-refractivity contribution in [3.05, 3.63) is 0 Å². The van der Waals surface area contributed by atoms with Crippen LogP contribution in [-0.4, -0.2) is 24.5 Å². The molecule has 1 rings (SSSR count). The number of rotatable bonds is 4. The van der Waals surface area contributed by atoms with E-state index in [1.807, 2.05) is 0 Å². The Morgan fingerprint density at radius 1 is 1.54 bits per heavy atom. The van der Waals surface area contributed by atoms with E-state index >= 15 is 0 Å². The summed E-state index contributed by atoms with van der Waals surface area (Å²) in [4.78, 5) is 8.96. The number of hydrogen-bond donors (Lipinski definition) is 0. The van der Waals surface area contributed by atoms with E-state index in [-0.39, 0.29) is 0 Å². The van der Waals surface area contributed by atoms with Crippen molar-refractivity contribution >= 4 is 11.4 Å². The van der Waals surface area contributed by atoms with Crippen molar-refractivity contribution < 1.29 is 0 Å². The zero-order valence-electron chi connectivity index (χ0n) is 9.01. The summed E-state index contributed by atoms with van der Waals surface area (Å²) >= 11 is 0. The summed E-state index contributed by atoms with van der Waals surface area (Å²) in [6.45, 7) is 8.50. The van der Waals surface area contributed by atoms with E-state index in [9.17, 15) is 0 Å². The minimum Gasteiger partial charge on any atom is -0.294 e. The fourth-order valence-electron chi connectivity index (χ4n) is 1.43. The Bertz CT molecular complexity index is 214. The van der Waals surface area contributed by atoms with Crippen molar-refractivity contribution in [2.45, 2.75) is 40.0 Å². The second-order valence-corrected chi connectivity index (χ2v) is 4.20. The van der Waals surface area contributed by atoms with E-state index in [1.54, 1.807) is 0 Å². The standard InChI is InChI=1S/C11H20N2/c1-9(2)8-13-10(3)7-11-5-4-6-12-11/h9H,4-8H2,1-3H3. The van der Waals surface area contributed by atoms with Crippen LogP contribution in [0.25, 0.3) is 0 Å². The highest BCUT2D eigenvalue weighted by Crippen LogP contribution is 2.08. The Hall–Kier alpha value is -0.660. The number of aliphatic imine (C=N–C) groups is 2. The molecule has 2 heteroatoms. The third-order valence-electron chi connectivity index (χ3n) is 2.15. The highest BCUT2D eigenvalue weighted by molar-refractivity contribution is 6.03. The zero-order valence-corrected chi connectivity index (χ0v) is 9.01. The summed E-state index contributed by atoms with van der Waals surface area (Å²) in [5.74, 6) is 0.667. The van der Waals surface area contributed by atoms with Crippen LogP contribution in [-0.2, 0) is 0 Å². The smallest absolute Gasteiger partial charge is 0.0411 e. The topological polar surface area (TPSA) is 24.7 Å². The number of nitrogens with zero attached hydrogens (tertiary/aromatic N) is 2. The molecule has 74 valence electrons. The van der Waals surface area contributed by atoms with Crippen molar-refractivity contribution in [2.24, 2.45) is 15.9 Å². The van der Waals surface area contributed by atoms with Gasteiger partial charge in [-0.2, -0.15) is 0 Å². The second-order valence-electron chi connectivity index (χ2n) is 4.20. The molecule has 0 spiro atoms. The average Bonchev–Trinajstić information content (AvgIpc) is 2.53. The zero-order chi connectivity index (χ0) is 9.68. The Kier molecular flexibility index (Phi) is 4.13. The van der Waals surface area contributed by atoms with Gasteiger partial charge in [0.2, 0.25) is 0 Å². The summed E-state index contributed by atoms with van der Waals surface area (Å²) in [7, 11) is 0. The first-order valence-electron chi connectivity index (χ1n) is 5.20. The molecule has 0 unspecified atom stereocenters. The van der Waals surface area contributed by atoms with Crippen molar-refractivity contribution in [3.8, 4) is 0 Å². The lowest BCUT2D eigenvalue weighted by atomic mass is 10.1. The highest BCUT2D eigenvalue weighted by Gasteiger charge is 2.06. The van der Waals surface area contributed by atoms with Gasteiger partial charge in [0.15, 0.2) is 0 Å². The van der Waals surface area contributed by atoms with Crippen molar-refractivity contribution in [2.75, 3.05) is 13.1 Å². The summed E-state index contributed by atoms with van der Waals surface area (Å²) < 4.78 is 0. The molecule has 0 saturated heterocycles. The average molecular weight is 180 g/mol. The fourth-order valence-corrected chi connectivity index (χ4v) is 1.43. The lowest BCUT2D eigenvalue weighted by Gasteiger charge is -2.02. The van der Waals surface area contributed by atoms with Gasteiger partial charge in [-0.15, -0.1) is 0 Å². The predicted octanol–water partition coefficient (Wildman–Crippen LogP) is 2.73. The first kappa shape index (κ1) is 10.4. The molecule has 0 bridgehead atoms. The maximum Gasteiger partial charge on any atom is 0.0411 e. The molecule has 0 amide bonds. The predicted molar refractivity (Wildman–Crippen MR) is 59.0 cm³/mol. The van der Waals surface area contributed by atoms with Crippen LogP contribution < -0.4 is 0 Å². The Balaban J connectivity index is 2.30. The van der Waals surface area contributed by atoms with Gasteiger partial charge in [-0.25, -0.2) is 0 Å². The van der Waals surface area contributed by atoms with E-state index in [0.29, 0.717) is 5.92 Å². The summed E-state index contributed by atoms with van der Waals surface area (Å²) in [6, 6.07) is 0. The Morgan fingerprint density at radius 3 is 2.85 bits per heavy atom. The molecule has 2 nitrogen and oxygen atoms in total. The van der Waals surface area contributed by atoms with Gasteiger partial charge in [0, 0.05) is 30.9 Å². The molecular formula is C11H20N2. The van der Waals surface area contributed by atoms with Gasteiger partial charge in [0.25, 0.3) is 0 Å². The van der Waals surface area contributed by atoms with Gasteiger partial charge < -0.3 is 0 Å². The number of hydrogen-bond acceptors (Lipinski definition) is 2. The largest absolute Gasteiger partial charge is 0.294 e. The highest BCUT2D eigenvalue weighted by atomic mass is 14.8. The summed E-state index contributed by atoms with van der Waals surface area (Å²) in [5, 5.41) is 0. The van der Waals surface area contributed by atoms with Crippen LogP contribution in [0.2, 0.25) is 0 Å². The first-order valence-corrected chi connectivity index (χ1v) is 5.20. The van der Waals surface area contributed by atoms with E-state index in [1.165, 1.54) is 24.3 Å². The minimum atomic E-state index is 0.667. The van der Waals surface area contributed by atoms with Gasteiger partial charge >= 0.3 is 0 Å². The van der Waals surface area contributed by atoms with Crippen molar-refractivity contribution in [3.63, 3.8) is 0 Å². The molecule has 1 aliphatic heterocycles. The van der Waals surface area contributed by atoms with Crippen LogP contribution in [0.3, 0.4) is 0 Å². The molecule has 0 aliphatic carbocycles. The molecule has 1 aliphatic rings. The molecule has 1 heterocycles. The van der Waals surface area contributed by atoms with Crippen LogP contribution in [0.5, 0.6) is 0 Å². The van der Waals surface area contributed by atoms with Gasteiger partial charge in [0.05, 0.1) is 0 Å². The van der Waals surface area contributed by atoms with Gasteiger partial charge in [-0.1, -0.05) is 13.8 Å². The molecule has 0 N–H and O–H groups in total. The van der Waals surface area contributed by atoms with Crippen LogP contribution in [0, 0.1) is 5.92 Å². The van der Waals surface area contributed by atoms with Crippen LogP contribution >= 0.6 is 0 Å². The second kappa shape index (κ2) is 5.15. The molecule has 0 aromatic heterocycles. The molecule has 13 heavy (non-hydrogen) atoms. The normalized spacial score (nSPS) is 18.2. The first-order chi connectivity index (χ1) is 6.18. The van der Waals surface area contributed by atoms with Gasteiger partial charge in [-0.3, -0.25) is 9.98 Å². The van der Waals surface area contributed by atoms with E-state index in [2.05, 4.69) is 30.8 Å². The van der Waals surface area contributed by atoms with Crippen molar-refractivity contribution in [1.29, 1.82) is 0 Å². The molecular weight excluding hydrogens is 160 g/mol. The van der Waals surface area contributed by atoms with Gasteiger partial charge in [-0.05, 0) is 25.7 Å². The maximum absolute atomic E-state index is 4.52. The fraction of sp³-hybridized carbons (Fsp3) is 0.818. The lowest BCUT2D eigenvalue weighted by Crippen LogP contribution is -2.04. The molecule has 0 aromatic carbocycles. The monoisotopic (exact) mass is 180 g/mol. The SMILES string of the molecule is CC(CC1=NCCC1)=NCC(C)C. The van der Waals surface area contributed by atoms with E-state index < -0.39 is 0 Å². The Labute approximate surface area is 81.2 Å². The molecule has 0 fully saturated rings. The minimum absolute atomic E-state index is 0.667. The van der Waals surface area contributed by atoms with Crippen LogP contribution in [0.1, 0.15) is 40.0 Å². The summed E-state index contributed by atoms with van der Waals surface area (Å²) in [5.41, 5.74) is 2.60. The quantitative estimate of drug-likeness (QED) is 0.594. The molecule has 0 saturated carbocycles. The molecule has 0 aromatic rings. The molecule has 0 radical (unpaired) electrons. The van der Waals surface area contributed by atoms with E-state index in [0.717, 1.165) is 19.5 Å². The van der Waals surface area contributed by atoms with Crippen LogP contribution in [0.4, 0.5) is 0 Å².